The van der Waals surface area contributed by atoms with Gasteiger partial charge in [0.05, 0.1) is 10.7 Å². The molecule has 0 amide bonds. The minimum absolute atomic E-state index is 0.740. The summed E-state index contributed by atoms with van der Waals surface area (Å²) in [6.07, 6.45) is 4.32. The number of pyridine rings is 1. The van der Waals surface area contributed by atoms with Crippen LogP contribution in [0.5, 0.6) is 0 Å². The number of halogens is 1. The first-order valence-corrected chi connectivity index (χ1v) is 6.54. The molecule has 2 aromatic rings. The average molecular weight is 250 g/mol. The van der Waals surface area contributed by atoms with E-state index in [0.717, 1.165) is 36.7 Å². The van der Waals surface area contributed by atoms with Crippen molar-refractivity contribution >= 4 is 17.2 Å². The lowest BCUT2D eigenvalue weighted by molar-refractivity contribution is 0.250. The highest BCUT2D eigenvalue weighted by molar-refractivity contribution is 6.33. The smallest absolute Gasteiger partial charge is 0.156 e. The molecule has 3 heterocycles. The standard InChI is InChI=1S/C13H16ClN3/c1-2-6-16-8-5-12-11(9-16)15-13-10(14)4-3-7-17(12)13/h3-4,7H,2,5-6,8-9H2,1H3. The summed E-state index contributed by atoms with van der Waals surface area (Å²) in [4.78, 5) is 7.14. The van der Waals surface area contributed by atoms with Gasteiger partial charge in [0, 0.05) is 31.4 Å². The first-order valence-electron chi connectivity index (χ1n) is 6.16. The van der Waals surface area contributed by atoms with E-state index in [4.69, 9.17) is 11.6 Å². The van der Waals surface area contributed by atoms with Crippen LogP contribution >= 0.6 is 11.6 Å². The van der Waals surface area contributed by atoms with Gasteiger partial charge in [-0.25, -0.2) is 4.98 Å². The van der Waals surface area contributed by atoms with Crippen molar-refractivity contribution in [3.05, 3.63) is 34.7 Å². The topological polar surface area (TPSA) is 20.5 Å². The van der Waals surface area contributed by atoms with Crippen LogP contribution in [0.1, 0.15) is 24.7 Å². The van der Waals surface area contributed by atoms with E-state index in [1.165, 1.54) is 17.8 Å². The average Bonchev–Trinajstić information content (AvgIpc) is 2.69. The number of fused-ring (bicyclic) bond motifs is 3. The van der Waals surface area contributed by atoms with Gasteiger partial charge in [-0.2, -0.15) is 0 Å². The summed E-state index contributed by atoms with van der Waals surface area (Å²) in [5.41, 5.74) is 3.42. The van der Waals surface area contributed by atoms with Crippen LogP contribution in [0.3, 0.4) is 0 Å². The van der Waals surface area contributed by atoms with Crippen LogP contribution in [0.2, 0.25) is 5.02 Å². The fourth-order valence-electron chi connectivity index (χ4n) is 2.58. The summed E-state index contributed by atoms with van der Waals surface area (Å²) in [5, 5.41) is 0.740. The van der Waals surface area contributed by atoms with Crippen LogP contribution in [0.4, 0.5) is 0 Å². The second kappa shape index (κ2) is 4.31. The van der Waals surface area contributed by atoms with E-state index < -0.39 is 0 Å². The molecule has 0 unspecified atom stereocenters. The highest BCUT2D eigenvalue weighted by Crippen LogP contribution is 2.24. The Morgan fingerprint density at radius 3 is 3.18 bits per heavy atom. The largest absolute Gasteiger partial charge is 0.302 e. The van der Waals surface area contributed by atoms with Crippen molar-refractivity contribution in [2.45, 2.75) is 26.3 Å². The van der Waals surface area contributed by atoms with Crippen molar-refractivity contribution in [2.24, 2.45) is 0 Å². The molecule has 0 spiro atoms. The second-order valence-corrected chi connectivity index (χ2v) is 4.99. The summed E-state index contributed by atoms with van der Waals surface area (Å²) in [6.45, 7) is 5.46. The zero-order valence-corrected chi connectivity index (χ0v) is 10.7. The molecule has 1 aliphatic rings. The molecule has 2 aromatic heterocycles. The molecule has 90 valence electrons. The maximum absolute atomic E-state index is 6.18. The fraction of sp³-hybridized carbons (Fsp3) is 0.462. The predicted octanol–water partition coefficient (Wildman–Crippen LogP) is 2.76. The summed E-state index contributed by atoms with van der Waals surface area (Å²) in [7, 11) is 0. The van der Waals surface area contributed by atoms with Gasteiger partial charge in [-0.3, -0.25) is 4.90 Å². The molecular formula is C13H16ClN3. The van der Waals surface area contributed by atoms with Crippen molar-refractivity contribution in [1.29, 1.82) is 0 Å². The maximum Gasteiger partial charge on any atom is 0.156 e. The third-order valence-electron chi connectivity index (χ3n) is 3.36. The molecule has 1 aliphatic heterocycles. The van der Waals surface area contributed by atoms with Gasteiger partial charge in [-0.15, -0.1) is 0 Å². The highest BCUT2D eigenvalue weighted by atomic mass is 35.5. The molecule has 0 saturated heterocycles. The van der Waals surface area contributed by atoms with Gasteiger partial charge in [-0.1, -0.05) is 18.5 Å². The van der Waals surface area contributed by atoms with Crippen molar-refractivity contribution in [1.82, 2.24) is 14.3 Å². The summed E-state index contributed by atoms with van der Waals surface area (Å²) in [5.74, 6) is 0. The highest BCUT2D eigenvalue weighted by Gasteiger charge is 2.21. The van der Waals surface area contributed by atoms with Crippen LogP contribution < -0.4 is 0 Å². The first-order chi connectivity index (χ1) is 8.29. The SMILES string of the molecule is CCCN1CCc2c(nc3c(Cl)cccn23)C1. The summed E-state index contributed by atoms with van der Waals surface area (Å²) in [6, 6.07) is 3.88. The van der Waals surface area contributed by atoms with Gasteiger partial charge in [0.25, 0.3) is 0 Å². The third-order valence-corrected chi connectivity index (χ3v) is 3.66. The molecule has 0 bridgehead atoms. The fourth-order valence-corrected chi connectivity index (χ4v) is 2.79. The number of aromatic nitrogens is 2. The lowest BCUT2D eigenvalue weighted by atomic mass is 10.1. The van der Waals surface area contributed by atoms with Crippen molar-refractivity contribution in [2.75, 3.05) is 13.1 Å². The lowest BCUT2D eigenvalue weighted by Crippen LogP contribution is -2.31. The predicted molar refractivity (Wildman–Crippen MR) is 69.5 cm³/mol. The molecular weight excluding hydrogens is 234 g/mol. The van der Waals surface area contributed by atoms with Crippen molar-refractivity contribution < 1.29 is 0 Å². The summed E-state index contributed by atoms with van der Waals surface area (Å²) >= 11 is 6.18. The minimum Gasteiger partial charge on any atom is -0.302 e. The Morgan fingerprint density at radius 1 is 1.47 bits per heavy atom. The molecule has 3 nitrogen and oxygen atoms in total. The Balaban J connectivity index is 2.04. The quantitative estimate of drug-likeness (QED) is 0.816. The third kappa shape index (κ3) is 1.83. The number of hydrogen-bond donors (Lipinski definition) is 0. The van der Waals surface area contributed by atoms with Crippen LogP contribution in [0.25, 0.3) is 5.65 Å². The van der Waals surface area contributed by atoms with E-state index in [9.17, 15) is 0 Å². The Hall–Kier alpha value is -1.06. The minimum atomic E-state index is 0.740. The van der Waals surface area contributed by atoms with Crippen molar-refractivity contribution in [3.63, 3.8) is 0 Å². The molecule has 0 atom stereocenters. The summed E-state index contributed by atoms with van der Waals surface area (Å²) < 4.78 is 2.14. The second-order valence-electron chi connectivity index (χ2n) is 4.58. The van der Waals surface area contributed by atoms with E-state index in [2.05, 4.69) is 27.4 Å². The molecule has 0 saturated carbocycles. The van der Waals surface area contributed by atoms with Gasteiger partial charge in [-0.05, 0) is 25.1 Å². The van der Waals surface area contributed by atoms with Crippen LogP contribution in [0.15, 0.2) is 18.3 Å². The molecule has 3 rings (SSSR count). The number of nitrogens with zero attached hydrogens (tertiary/aromatic N) is 3. The van der Waals surface area contributed by atoms with E-state index >= 15 is 0 Å². The number of imidazole rings is 1. The van der Waals surface area contributed by atoms with Gasteiger partial charge in [0.15, 0.2) is 5.65 Å². The van der Waals surface area contributed by atoms with Gasteiger partial charge < -0.3 is 4.40 Å². The zero-order chi connectivity index (χ0) is 11.8. The maximum atomic E-state index is 6.18. The van der Waals surface area contributed by atoms with E-state index in [0.29, 0.717) is 0 Å². The van der Waals surface area contributed by atoms with Gasteiger partial charge >= 0.3 is 0 Å². The Kier molecular flexibility index (Phi) is 2.81. The van der Waals surface area contributed by atoms with Gasteiger partial charge in [0.2, 0.25) is 0 Å². The Morgan fingerprint density at radius 2 is 2.35 bits per heavy atom. The Bertz CT molecular complexity index is 547. The van der Waals surface area contributed by atoms with E-state index in [-0.39, 0.29) is 0 Å². The molecule has 0 radical (unpaired) electrons. The van der Waals surface area contributed by atoms with Gasteiger partial charge in [0.1, 0.15) is 0 Å². The van der Waals surface area contributed by atoms with E-state index in [1.54, 1.807) is 0 Å². The molecule has 0 fully saturated rings. The molecule has 4 heteroatoms. The van der Waals surface area contributed by atoms with Crippen LogP contribution in [-0.2, 0) is 13.0 Å². The number of hydrogen-bond acceptors (Lipinski definition) is 2. The van der Waals surface area contributed by atoms with Crippen molar-refractivity contribution in [3.8, 4) is 0 Å². The molecule has 0 aromatic carbocycles. The zero-order valence-electron chi connectivity index (χ0n) is 9.99. The van der Waals surface area contributed by atoms with Crippen LogP contribution in [-0.4, -0.2) is 27.4 Å². The Labute approximate surface area is 106 Å². The normalized spacial score (nSPS) is 16.4. The lowest BCUT2D eigenvalue weighted by Gasteiger charge is -2.25. The monoisotopic (exact) mass is 249 g/mol. The number of rotatable bonds is 2. The molecule has 0 aliphatic carbocycles. The van der Waals surface area contributed by atoms with Crippen LogP contribution in [0, 0.1) is 0 Å². The molecule has 17 heavy (non-hydrogen) atoms. The first kappa shape index (κ1) is 11.1. The molecule has 0 N–H and O–H groups in total. The van der Waals surface area contributed by atoms with E-state index in [1.807, 2.05) is 12.1 Å².